The zero-order valence-corrected chi connectivity index (χ0v) is 19.2. The summed E-state index contributed by atoms with van der Waals surface area (Å²) >= 11 is 0. The van der Waals surface area contributed by atoms with Crippen LogP contribution in [0.4, 0.5) is 0 Å². The van der Waals surface area contributed by atoms with Crippen molar-refractivity contribution in [1.82, 2.24) is 20.1 Å². The first-order chi connectivity index (χ1) is 15.7. The number of ether oxygens (including phenoxy) is 1. The van der Waals surface area contributed by atoms with E-state index in [1.165, 1.54) is 5.56 Å². The molecule has 4 rings (SSSR count). The Labute approximate surface area is 191 Å². The third kappa shape index (κ3) is 6.51. The van der Waals surface area contributed by atoms with Crippen molar-refractivity contribution in [3.63, 3.8) is 0 Å². The number of aryl methyl sites for hydroxylation is 1. The van der Waals surface area contributed by atoms with Gasteiger partial charge in [-0.3, -0.25) is 14.6 Å². The van der Waals surface area contributed by atoms with Crippen LogP contribution < -0.4 is 5.32 Å². The summed E-state index contributed by atoms with van der Waals surface area (Å²) in [5.41, 5.74) is 1.25. The predicted octanol–water partition coefficient (Wildman–Crippen LogP) is 2.26. The van der Waals surface area contributed by atoms with Crippen molar-refractivity contribution in [2.75, 3.05) is 45.9 Å². The van der Waals surface area contributed by atoms with Crippen molar-refractivity contribution in [1.29, 1.82) is 0 Å². The first kappa shape index (κ1) is 23.2. The summed E-state index contributed by atoms with van der Waals surface area (Å²) in [7, 11) is 0. The predicted molar refractivity (Wildman–Crippen MR) is 123 cm³/mol. The molecule has 0 aliphatic carbocycles. The monoisotopic (exact) mass is 442 g/mol. The minimum atomic E-state index is 0.149. The molecule has 2 amide bonds. The van der Waals surface area contributed by atoms with Gasteiger partial charge in [0.1, 0.15) is 0 Å². The average molecular weight is 443 g/mol. The standard InChI is InChI=1S/C25H38N4O3/c30-24(3-1-2-20-4-11-26-12-5-20)29-15-8-23(9-16-29)28-13-6-22(7-14-28)25(31)27-18-21-10-17-32-19-21/h4-5,11-12,21-23H,1-3,6-10,13-19H2,(H,27,31). The summed E-state index contributed by atoms with van der Waals surface area (Å²) in [5, 5.41) is 3.15. The SMILES string of the molecule is O=C(NCC1CCOC1)C1CCN(C2CCN(C(=O)CCCc3ccncc3)CC2)CC1. The van der Waals surface area contributed by atoms with E-state index in [1.807, 2.05) is 24.5 Å². The number of rotatable bonds is 8. The van der Waals surface area contributed by atoms with E-state index in [9.17, 15) is 9.59 Å². The number of pyridine rings is 1. The van der Waals surface area contributed by atoms with Gasteiger partial charge in [0.2, 0.25) is 11.8 Å². The zero-order chi connectivity index (χ0) is 22.2. The van der Waals surface area contributed by atoms with E-state index in [0.717, 1.165) is 90.9 Å². The van der Waals surface area contributed by atoms with Crippen LogP contribution in [0.1, 0.15) is 50.5 Å². The van der Waals surface area contributed by atoms with E-state index in [2.05, 4.69) is 20.1 Å². The van der Waals surface area contributed by atoms with Crippen LogP contribution in [-0.2, 0) is 20.7 Å². The Kier molecular flexibility index (Phi) is 8.51. The lowest BCUT2D eigenvalue weighted by molar-refractivity contribution is -0.133. The summed E-state index contributed by atoms with van der Waals surface area (Å²) in [6, 6.07) is 4.59. The Morgan fingerprint density at radius 2 is 1.78 bits per heavy atom. The molecule has 1 unspecified atom stereocenters. The van der Waals surface area contributed by atoms with E-state index < -0.39 is 0 Å². The number of nitrogens with zero attached hydrogens (tertiary/aromatic N) is 3. The van der Waals surface area contributed by atoms with Crippen LogP contribution in [0.5, 0.6) is 0 Å². The number of likely N-dealkylation sites (tertiary alicyclic amines) is 2. The normalized spacial score (nSPS) is 23.4. The van der Waals surface area contributed by atoms with Gasteiger partial charge >= 0.3 is 0 Å². The lowest BCUT2D eigenvalue weighted by Gasteiger charge is -2.41. The number of nitrogens with one attached hydrogen (secondary N) is 1. The average Bonchev–Trinajstić information content (AvgIpc) is 3.37. The maximum absolute atomic E-state index is 12.6. The first-order valence-corrected chi connectivity index (χ1v) is 12.4. The van der Waals surface area contributed by atoms with Gasteiger partial charge in [-0.05, 0) is 75.7 Å². The Hall–Kier alpha value is -1.99. The van der Waals surface area contributed by atoms with E-state index in [1.54, 1.807) is 0 Å². The Morgan fingerprint density at radius 3 is 2.47 bits per heavy atom. The van der Waals surface area contributed by atoms with Crippen LogP contribution in [0.2, 0.25) is 0 Å². The molecule has 3 aliphatic heterocycles. The second kappa shape index (κ2) is 11.8. The lowest BCUT2D eigenvalue weighted by Crippen LogP contribution is -2.50. The van der Waals surface area contributed by atoms with Crippen LogP contribution >= 0.6 is 0 Å². The van der Waals surface area contributed by atoms with Gasteiger partial charge in [0, 0.05) is 62.9 Å². The molecule has 1 aromatic heterocycles. The van der Waals surface area contributed by atoms with Gasteiger partial charge in [-0.25, -0.2) is 0 Å². The molecule has 1 atom stereocenters. The largest absolute Gasteiger partial charge is 0.381 e. The highest BCUT2D eigenvalue weighted by Gasteiger charge is 2.31. The topological polar surface area (TPSA) is 74.8 Å². The summed E-state index contributed by atoms with van der Waals surface area (Å²) in [6.45, 7) is 6.09. The molecule has 0 spiro atoms. The number of hydrogen-bond donors (Lipinski definition) is 1. The molecule has 0 radical (unpaired) electrons. The number of aromatic nitrogens is 1. The van der Waals surface area contributed by atoms with Gasteiger partial charge in [-0.15, -0.1) is 0 Å². The molecule has 176 valence electrons. The van der Waals surface area contributed by atoms with Gasteiger partial charge in [0.25, 0.3) is 0 Å². The van der Waals surface area contributed by atoms with Crippen LogP contribution in [0.15, 0.2) is 24.5 Å². The van der Waals surface area contributed by atoms with Gasteiger partial charge in [0.05, 0.1) is 6.61 Å². The molecule has 0 saturated carbocycles. The molecule has 7 nitrogen and oxygen atoms in total. The molecule has 7 heteroatoms. The smallest absolute Gasteiger partial charge is 0.223 e. The van der Waals surface area contributed by atoms with Crippen LogP contribution in [0.3, 0.4) is 0 Å². The minimum absolute atomic E-state index is 0.149. The number of carbonyl (C=O) groups is 2. The summed E-state index contributed by atoms with van der Waals surface area (Å²) in [4.78, 5) is 33.8. The maximum atomic E-state index is 12.6. The van der Waals surface area contributed by atoms with Crippen LogP contribution in [-0.4, -0.2) is 78.6 Å². The van der Waals surface area contributed by atoms with Gasteiger partial charge in [-0.2, -0.15) is 0 Å². The van der Waals surface area contributed by atoms with E-state index >= 15 is 0 Å². The molecule has 3 saturated heterocycles. The number of carbonyl (C=O) groups excluding carboxylic acids is 2. The summed E-state index contributed by atoms with van der Waals surface area (Å²) < 4.78 is 5.39. The van der Waals surface area contributed by atoms with Crippen molar-refractivity contribution in [3.8, 4) is 0 Å². The highest BCUT2D eigenvalue weighted by molar-refractivity contribution is 5.78. The second-order valence-corrected chi connectivity index (χ2v) is 9.61. The third-order valence-electron chi connectivity index (χ3n) is 7.43. The van der Waals surface area contributed by atoms with Crippen molar-refractivity contribution < 1.29 is 14.3 Å². The fraction of sp³-hybridized carbons (Fsp3) is 0.720. The molecule has 32 heavy (non-hydrogen) atoms. The zero-order valence-electron chi connectivity index (χ0n) is 19.2. The lowest BCUT2D eigenvalue weighted by atomic mass is 9.92. The third-order valence-corrected chi connectivity index (χ3v) is 7.43. The highest BCUT2D eigenvalue weighted by atomic mass is 16.5. The summed E-state index contributed by atoms with van der Waals surface area (Å²) in [5.74, 6) is 1.16. The Bertz CT molecular complexity index is 722. The quantitative estimate of drug-likeness (QED) is 0.669. The highest BCUT2D eigenvalue weighted by Crippen LogP contribution is 2.25. The molecule has 4 heterocycles. The molecule has 1 N–H and O–H groups in total. The molecule has 1 aromatic rings. The van der Waals surface area contributed by atoms with Crippen molar-refractivity contribution in [2.45, 2.75) is 57.4 Å². The number of amides is 2. The molecule has 3 fully saturated rings. The van der Waals surface area contributed by atoms with Gasteiger partial charge < -0.3 is 19.9 Å². The molecular weight excluding hydrogens is 404 g/mol. The Balaban J connectivity index is 1.10. The fourth-order valence-electron chi connectivity index (χ4n) is 5.29. The van der Waals surface area contributed by atoms with Crippen molar-refractivity contribution in [2.24, 2.45) is 11.8 Å². The van der Waals surface area contributed by atoms with E-state index in [0.29, 0.717) is 24.3 Å². The molecular formula is C25H38N4O3. The molecule has 0 bridgehead atoms. The van der Waals surface area contributed by atoms with Crippen molar-refractivity contribution >= 4 is 11.8 Å². The maximum Gasteiger partial charge on any atom is 0.223 e. The minimum Gasteiger partial charge on any atom is -0.381 e. The summed E-state index contributed by atoms with van der Waals surface area (Å²) in [6.07, 6.45) is 11.1. The second-order valence-electron chi connectivity index (χ2n) is 9.61. The molecule has 0 aromatic carbocycles. The van der Waals surface area contributed by atoms with Crippen LogP contribution in [0.25, 0.3) is 0 Å². The number of piperidine rings is 2. The molecule has 3 aliphatic rings. The van der Waals surface area contributed by atoms with Gasteiger partial charge in [-0.1, -0.05) is 0 Å². The van der Waals surface area contributed by atoms with Crippen molar-refractivity contribution in [3.05, 3.63) is 30.1 Å². The number of hydrogen-bond acceptors (Lipinski definition) is 5. The van der Waals surface area contributed by atoms with Crippen LogP contribution in [0, 0.1) is 11.8 Å². The fourth-order valence-corrected chi connectivity index (χ4v) is 5.29. The first-order valence-electron chi connectivity index (χ1n) is 12.4. The Morgan fingerprint density at radius 1 is 1.03 bits per heavy atom. The van der Waals surface area contributed by atoms with Gasteiger partial charge in [0.15, 0.2) is 0 Å². The van der Waals surface area contributed by atoms with E-state index in [4.69, 9.17) is 4.74 Å². The van der Waals surface area contributed by atoms with E-state index in [-0.39, 0.29) is 11.8 Å².